The first-order valence-corrected chi connectivity index (χ1v) is 9.10. The molecule has 0 aliphatic heterocycles. The molecular weight excluding hydrogens is 356 g/mol. The number of benzene rings is 1. The molecule has 144 valence electrons. The molecule has 0 aliphatic rings. The van der Waals surface area contributed by atoms with Crippen molar-refractivity contribution < 1.29 is 4.74 Å². The van der Waals surface area contributed by atoms with Crippen molar-refractivity contribution in [3.05, 3.63) is 53.2 Å². The maximum absolute atomic E-state index is 13.3. The van der Waals surface area contributed by atoms with Gasteiger partial charge in [0, 0.05) is 18.3 Å². The van der Waals surface area contributed by atoms with Gasteiger partial charge in [-0.2, -0.15) is 14.6 Å². The lowest BCUT2D eigenvalue weighted by Gasteiger charge is -2.13. The molecule has 0 amide bonds. The van der Waals surface area contributed by atoms with Crippen molar-refractivity contribution in [2.75, 3.05) is 27.7 Å². The number of ether oxygens (including phenoxy) is 1. The monoisotopic (exact) mass is 378 g/mol. The molecule has 0 atom stereocenters. The lowest BCUT2D eigenvalue weighted by Crippen LogP contribution is -2.23. The highest BCUT2D eigenvalue weighted by Gasteiger charge is 2.17. The van der Waals surface area contributed by atoms with E-state index in [1.54, 1.807) is 22.4 Å². The van der Waals surface area contributed by atoms with Crippen molar-refractivity contribution in [2.45, 2.75) is 13.0 Å². The van der Waals surface area contributed by atoms with E-state index >= 15 is 0 Å². The number of pyridine rings is 1. The first-order valence-electron chi connectivity index (χ1n) is 9.10. The van der Waals surface area contributed by atoms with E-state index in [1.807, 2.05) is 44.4 Å². The zero-order valence-electron chi connectivity index (χ0n) is 16.2. The minimum absolute atomic E-state index is 0.0843. The summed E-state index contributed by atoms with van der Waals surface area (Å²) in [6.45, 7) is 1.55. The third-order valence-corrected chi connectivity index (χ3v) is 4.69. The van der Waals surface area contributed by atoms with Crippen LogP contribution in [0.2, 0.25) is 0 Å². The minimum Gasteiger partial charge on any atom is -0.497 e. The summed E-state index contributed by atoms with van der Waals surface area (Å²) in [6, 6.07) is 9.44. The molecular formula is C20H22N6O2. The van der Waals surface area contributed by atoms with Crippen LogP contribution in [0.1, 0.15) is 6.42 Å². The van der Waals surface area contributed by atoms with Gasteiger partial charge in [0.15, 0.2) is 0 Å². The van der Waals surface area contributed by atoms with Gasteiger partial charge in [0.25, 0.3) is 11.3 Å². The molecule has 8 nitrogen and oxygen atoms in total. The van der Waals surface area contributed by atoms with Crippen LogP contribution in [0.3, 0.4) is 0 Å². The number of aryl methyl sites for hydroxylation is 1. The number of hydrogen-bond donors (Lipinski definition) is 0. The highest BCUT2D eigenvalue weighted by atomic mass is 16.5. The van der Waals surface area contributed by atoms with Crippen LogP contribution in [-0.4, -0.2) is 56.8 Å². The van der Waals surface area contributed by atoms with E-state index in [0.29, 0.717) is 34.7 Å². The van der Waals surface area contributed by atoms with E-state index in [-0.39, 0.29) is 5.56 Å². The fraction of sp³-hybridized carbons (Fsp3) is 0.300. The molecule has 1 aromatic carbocycles. The van der Waals surface area contributed by atoms with Gasteiger partial charge in [-0.25, -0.2) is 4.98 Å². The van der Waals surface area contributed by atoms with Crippen LogP contribution in [-0.2, 0) is 6.54 Å². The Balaban J connectivity index is 1.96. The summed E-state index contributed by atoms with van der Waals surface area (Å²) < 4.78 is 8.71. The van der Waals surface area contributed by atoms with E-state index in [1.165, 1.54) is 6.33 Å². The Bertz CT molecular complexity index is 1190. The Morgan fingerprint density at radius 1 is 1.21 bits per heavy atom. The third-order valence-electron chi connectivity index (χ3n) is 4.69. The minimum atomic E-state index is -0.0843. The van der Waals surface area contributed by atoms with Gasteiger partial charge in [-0.3, -0.25) is 4.79 Å². The smallest absolute Gasteiger partial charge is 0.262 e. The third kappa shape index (κ3) is 3.22. The fourth-order valence-electron chi connectivity index (χ4n) is 3.33. The van der Waals surface area contributed by atoms with Gasteiger partial charge in [-0.15, -0.1) is 0 Å². The topological polar surface area (TPSA) is 77.5 Å². The quantitative estimate of drug-likeness (QED) is 0.511. The first kappa shape index (κ1) is 18.1. The second-order valence-electron chi connectivity index (χ2n) is 6.90. The standard InChI is InChI=1S/C20H22N6O2/c1-24(2)9-5-10-25-11-8-16-17(19(25)27)18(26-20(23-16)21-13-22-26)14-6-4-7-15(12-14)28-3/h4,6-8,11-13H,5,9-10H2,1-3H3. The van der Waals surface area contributed by atoms with E-state index in [2.05, 4.69) is 20.0 Å². The van der Waals surface area contributed by atoms with Crippen LogP contribution < -0.4 is 10.3 Å². The van der Waals surface area contributed by atoms with Crippen molar-refractivity contribution in [3.63, 3.8) is 0 Å². The zero-order valence-corrected chi connectivity index (χ0v) is 16.2. The van der Waals surface area contributed by atoms with Crippen molar-refractivity contribution in [1.82, 2.24) is 29.0 Å². The van der Waals surface area contributed by atoms with Crippen molar-refractivity contribution >= 4 is 16.7 Å². The number of nitrogens with zero attached hydrogens (tertiary/aromatic N) is 6. The van der Waals surface area contributed by atoms with Crippen molar-refractivity contribution in [3.8, 4) is 17.0 Å². The van der Waals surface area contributed by atoms with Gasteiger partial charge >= 0.3 is 0 Å². The summed E-state index contributed by atoms with van der Waals surface area (Å²) in [5.74, 6) is 1.16. The summed E-state index contributed by atoms with van der Waals surface area (Å²) in [6.07, 6.45) is 4.13. The van der Waals surface area contributed by atoms with Gasteiger partial charge in [0.05, 0.1) is 23.7 Å². The fourth-order valence-corrected chi connectivity index (χ4v) is 3.33. The molecule has 0 radical (unpaired) electrons. The average Bonchev–Trinajstić information content (AvgIpc) is 3.16. The molecule has 28 heavy (non-hydrogen) atoms. The predicted octanol–water partition coefficient (Wildman–Crippen LogP) is 2.07. The molecule has 0 N–H and O–H groups in total. The SMILES string of the molecule is COc1cccc(-c2c3c(=O)n(CCCN(C)C)ccc3nc3ncnn23)c1. The second-order valence-corrected chi connectivity index (χ2v) is 6.90. The number of hydrogen-bond acceptors (Lipinski definition) is 6. The molecule has 0 spiro atoms. The van der Waals surface area contributed by atoms with Crippen LogP contribution in [0, 0.1) is 0 Å². The molecule has 0 fully saturated rings. The Kier molecular flexibility index (Phi) is 4.79. The Morgan fingerprint density at radius 2 is 2.07 bits per heavy atom. The van der Waals surface area contributed by atoms with Crippen LogP contribution in [0.15, 0.2) is 47.7 Å². The molecule has 4 aromatic rings. The molecule has 4 rings (SSSR count). The lowest BCUT2D eigenvalue weighted by molar-refractivity contribution is 0.385. The summed E-state index contributed by atoms with van der Waals surface area (Å²) in [5, 5.41) is 4.83. The van der Waals surface area contributed by atoms with Crippen LogP contribution >= 0.6 is 0 Å². The van der Waals surface area contributed by atoms with Crippen LogP contribution in [0.5, 0.6) is 5.75 Å². The average molecular weight is 378 g/mol. The number of methoxy groups -OCH3 is 1. The zero-order chi connectivity index (χ0) is 19.7. The molecule has 0 aliphatic carbocycles. The molecule has 8 heteroatoms. The molecule has 3 aromatic heterocycles. The molecule has 0 unspecified atom stereocenters. The van der Waals surface area contributed by atoms with Gasteiger partial charge in [-0.05, 0) is 45.3 Å². The number of fused-ring (bicyclic) bond motifs is 2. The normalized spacial score (nSPS) is 11.6. The van der Waals surface area contributed by atoms with E-state index in [0.717, 1.165) is 18.5 Å². The predicted molar refractivity (Wildman–Crippen MR) is 108 cm³/mol. The summed E-state index contributed by atoms with van der Waals surface area (Å²) in [5.41, 5.74) is 2.01. The molecule has 0 saturated carbocycles. The largest absolute Gasteiger partial charge is 0.497 e. The number of rotatable bonds is 6. The van der Waals surface area contributed by atoms with Gasteiger partial charge in [-0.1, -0.05) is 12.1 Å². The van der Waals surface area contributed by atoms with Crippen LogP contribution in [0.4, 0.5) is 0 Å². The Labute approximate surface area is 162 Å². The highest BCUT2D eigenvalue weighted by molar-refractivity contribution is 5.93. The van der Waals surface area contributed by atoms with Crippen molar-refractivity contribution in [1.29, 1.82) is 0 Å². The Hall–Kier alpha value is -3.26. The molecule has 0 saturated heterocycles. The van der Waals surface area contributed by atoms with Crippen LogP contribution in [0.25, 0.3) is 27.9 Å². The van der Waals surface area contributed by atoms with Crippen molar-refractivity contribution in [2.24, 2.45) is 0 Å². The van der Waals surface area contributed by atoms with Gasteiger partial charge < -0.3 is 14.2 Å². The lowest BCUT2D eigenvalue weighted by atomic mass is 10.1. The summed E-state index contributed by atoms with van der Waals surface area (Å²) >= 11 is 0. The first-order chi connectivity index (χ1) is 13.6. The highest BCUT2D eigenvalue weighted by Crippen LogP contribution is 2.28. The Morgan fingerprint density at radius 3 is 2.86 bits per heavy atom. The van der Waals surface area contributed by atoms with Gasteiger partial charge in [0.1, 0.15) is 12.1 Å². The molecule has 0 bridgehead atoms. The van der Waals surface area contributed by atoms with E-state index < -0.39 is 0 Å². The second kappa shape index (κ2) is 7.40. The van der Waals surface area contributed by atoms with Gasteiger partial charge in [0.2, 0.25) is 0 Å². The maximum atomic E-state index is 13.3. The molecule has 3 heterocycles. The summed E-state index contributed by atoms with van der Waals surface area (Å²) in [4.78, 5) is 24.2. The summed E-state index contributed by atoms with van der Waals surface area (Å²) in [7, 11) is 5.66. The maximum Gasteiger partial charge on any atom is 0.262 e. The number of aromatic nitrogens is 5. The van der Waals surface area contributed by atoms with E-state index in [4.69, 9.17) is 4.74 Å². The van der Waals surface area contributed by atoms with E-state index in [9.17, 15) is 4.79 Å².